The Bertz CT molecular complexity index is 683. The van der Waals surface area contributed by atoms with Crippen molar-refractivity contribution in [2.24, 2.45) is 5.92 Å². The summed E-state index contributed by atoms with van der Waals surface area (Å²) in [7, 11) is 0. The number of hydrogen-bond acceptors (Lipinski definition) is 4. The van der Waals surface area contributed by atoms with Crippen LogP contribution in [0, 0.1) is 11.7 Å². The van der Waals surface area contributed by atoms with Crippen LogP contribution in [0.2, 0.25) is 0 Å². The van der Waals surface area contributed by atoms with Crippen LogP contribution < -0.4 is 0 Å². The first-order valence-electron chi connectivity index (χ1n) is 9.69. The summed E-state index contributed by atoms with van der Waals surface area (Å²) >= 11 is 1.78. The number of aromatic nitrogens is 1. The minimum absolute atomic E-state index is 0.161. The number of benzene rings is 1. The Morgan fingerprint density at radius 2 is 1.96 bits per heavy atom. The van der Waals surface area contributed by atoms with Gasteiger partial charge in [-0.3, -0.25) is 9.80 Å². The Hall–Kier alpha value is -1.30. The SMILES string of the molecule is CCc1nc(CN2CCCN(Cc3ccc(F)cc3)[C@@H](C(C)C)C2)cs1. The molecule has 1 aliphatic heterocycles. The van der Waals surface area contributed by atoms with Crippen LogP contribution in [0.25, 0.3) is 0 Å². The highest BCUT2D eigenvalue weighted by Crippen LogP contribution is 2.22. The van der Waals surface area contributed by atoms with Crippen LogP contribution >= 0.6 is 11.3 Å². The zero-order valence-corrected chi connectivity index (χ0v) is 16.9. The van der Waals surface area contributed by atoms with Gasteiger partial charge in [0.15, 0.2) is 0 Å². The van der Waals surface area contributed by atoms with Crippen molar-refractivity contribution in [3.05, 3.63) is 51.7 Å². The third-order valence-electron chi connectivity index (χ3n) is 5.19. The van der Waals surface area contributed by atoms with Gasteiger partial charge >= 0.3 is 0 Å². The molecular formula is C21H30FN3S. The average molecular weight is 376 g/mol. The highest BCUT2D eigenvalue weighted by Gasteiger charge is 2.27. The second-order valence-corrected chi connectivity index (χ2v) is 8.53. The smallest absolute Gasteiger partial charge is 0.123 e. The molecule has 0 bridgehead atoms. The number of thiazole rings is 1. The van der Waals surface area contributed by atoms with Gasteiger partial charge in [0.25, 0.3) is 0 Å². The lowest BCUT2D eigenvalue weighted by molar-refractivity contribution is 0.130. The third kappa shape index (κ3) is 5.12. The summed E-state index contributed by atoms with van der Waals surface area (Å²) in [5, 5.41) is 3.44. The Morgan fingerprint density at radius 3 is 2.62 bits per heavy atom. The Labute approximate surface area is 160 Å². The summed E-state index contributed by atoms with van der Waals surface area (Å²) in [4.78, 5) is 9.89. The van der Waals surface area contributed by atoms with Gasteiger partial charge < -0.3 is 0 Å². The largest absolute Gasteiger partial charge is 0.296 e. The van der Waals surface area contributed by atoms with Crippen LogP contribution in [0.5, 0.6) is 0 Å². The van der Waals surface area contributed by atoms with Gasteiger partial charge in [0.05, 0.1) is 10.7 Å². The molecule has 5 heteroatoms. The molecule has 26 heavy (non-hydrogen) atoms. The molecule has 0 saturated carbocycles. The van der Waals surface area contributed by atoms with Crippen molar-refractivity contribution in [3.8, 4) is 0 Å². The fourth-order valence-electron chi connectivity index (χ4n) is 3.74. The van der Waals surface area contributed by atoms with E-state index in [1.165, 1.54) is 16.3 Å². The molecule has 2 heterocycles. The van der Waals surface area contributed by atoms with E-state index < -0.39 is 0 Å². The van der Waals surface area contributed by atoms with Crippen molar-refractivity contribution in [1.29, 1.82) is 0 Å². The van der Waals surface area contributed by atoms with Crippen LogP contribution in [-0.4, -0.2) is 40.5 Å². The maximum absolute atomic E-state index is 13.2. The molecule has 0 radical (unpaired) electrons. The number of hydrogen-bond donors (Lipinski definition) is 0. The average Bonchev–Trinajstić information content (AvgIpc) is 2.98. The first-order chi connectivity index (χ1) is 12.5. The summed E-state index contributed by atoms with van der Waals surface area (Å²) in [5.41, 5.74) is 2.40. The zero-order valence-electron chi connectivity index (χ0n) is 16.1. The van der Waals surface area contributed by atoms with Crippen molar-refractivity contribution in [1.82, 2.24) is 14.8 Å². The molecule has 1 fully saturated rings. The topological polar surface area (TPSA) is 19.4 Å². The van der Waals surface area contributed by atoms with Gasteiger partial charge in [0, 0.05) is 37.6 Å². The molecule has 1 atom stereocenters. The second kappa shape index (κ2) is 9.07. The van der Waals surface area contributed by atoms with Gasteiger partial charge in [-0.1, -0.05) is 32.9 Å². The first-order valence-corrected chi connectivity index (χ1v) is 10.6. The predicted molar refractivity (Wildman–Crippen MR) is 107 cm³/mol. The molecule has 1 saturated heterocycles. The van der Waals surface area contributed by atoms with E-state index in [2.05, 4.69) is 36.0 Å². The van der Waals surface area contributed by atoms with Crippen molar-refractivity contribution >= 4 is 11.3 Å². The van der Waals surface area contributed by atoms with Crippen molar-refractivity contribution < 1.29 is 4.39 Å². The molecule has 142 valence electrons. The van der Waals surface area contributed by atoms with Crippen LogP contribution in [0.4, 0.5) is 4.39 Å². The molecule has 3 nitrogen and oxygen atoms in total. The summed E-state index contributed by atoms with van der Waals surface area (Å²) in [6.45, 7) is 11.9. The van der Waals surface area contributed by atoms with Gasteiger partial charge in [-0.25, -0.2) is 9.37 Å². The van der Waals surface area contributed by atoms with Crippen LogP contribution in [-0.2, 0) is 19.5 Å². The molecule has 0 N–H and O–H groups in total. The number of rotatable bonds is 6. The minimum Gasteiger partial charge on any atom is -0.296 e. The van der Waals surface area contributed by atoms with E-state index in [4.69, 9.17) is 4.98 Å². The quantitative estimate of drug-likeness (QED) is 0.737. The predicted octanol–water partition coefficient (Wildman–Crippen LogP) is 4.58. The standard InChI is InChI=1S/C21H30FN3S/c1-4-21-23-19(15-26-21)13-24-10-5-11-25(20(14-24)16(2)3)12-17-6-8-18(22)9-7-17/h6-9,15-16,20H,4-5,10-14H2,1-3H3/t20-/m1/s1. The highest BCUT2D eigenvalue weighted by atomic mass is 32.1. The fourth-order valence-corrected chi connectivity index (χ4v) is 4.48. The van der Waals surface area contributed by atoms with E-state index in [0.717, 1.165) is 45.6 Å². The second-order valence-electron chi connectivity index (χ2n) is 7.58. The molecule has 0 spiro atoms. The van der Waals surface area contributed by atoms with E-state index in [9.17, 15) is 4.39 Å². The zero-order chi connectivity index (χ0) is 18.5. The lowest BCUT2D eigenvalue weighted by atomic mass is 10.0. The van der Waals surface area contributed by atoms with Gasteiger partial charge in [-0.05, 0) is 43.0 Å². The van der Waals surface area contributed by atoms with Crippen molar-refractivity contribution in [3.63, 3.8) is 0 Å². The molecular weight excluding hydrogens is 345 g/mol. The molecule has 0 aliphatic carbocycles. The number of nitrogens with zero attached hydrogens (tertiary/aromatic N) is 3. The summed E-state index contributed by atoms with van der Waals surface area (Å²) in [5.74, 6) is 0.420. The third-order valence-corrected chi connectivity index (χ3v) is 6.23. The Morgan fingerprint density at radius 1 is 1.19 bits per heavy atom. The minimum atomic E-state index is -0.161. The Kier molecular flexibility index (Phi) is 6.79. The van der Waals surface area contributed by atoms with Gasteiger partial charge in [0.2, 0.25) is 0 Å². The molecule has 1 aromatic heterocycles. The summed E-state index contributed by atoms with van der Waals surface area (Å²) in [6.07, 6.45) is 2.18. The van der Waals surface area contributed by atoms with Gasteiger partial charge in [0.1, 0.15) is 5.82 Å². The molecule has 1 aliphatic rings. The Balaban J connectivity index is 1.67. The lowest BCUT2D eigenvalue weighted by Gasteiger charge is -2.34. The molecule has 2 aromatic rings. The van der Waals surface area contributed by atoms with E-state index in [1.807, 2.05) is 12.1 Å². The number of aryl methyl sites for hydroxylation is 1. The van der Waals surface area contributed by atoms with E-state index >= 15 is 0 Å². The first kappa shape index (κ1) is 19.5. The van der Waals surface area contributed by atoms with Crippen molar-refractivity contribution in [2.45, 2.75) is 52.7 Å². The van der Waals surface area contributed by atoms with Crippen molar-refractivity contribution in [2.75, 3.05) is 19.6 Å². The molecule has 3 rings (SSSR count). The van der Waals surface area contributed by atoms with Gasteiger partial charge in [-0.15, -0.1) is 11.3 Å². The highest BCUT2D eigenvalue weighted by molar-refractivity contribution is 7.09. The lowest BCUT2D eigenvalue weighted by Crippen LogP contribution is -2.43. The molecule has 1 aromatic carbocycles. The van der Waals surface area contributed by atoms with Crippen LogP contribution in [0.1, 0.15) is 43.5 Å². The molecule has 0 amide bonds. The van der Waals surface area contributed by atoms with E-state index in [-0.39, 0.29) is 5.82 Å². The maximum Gasteiger partial charge on any atom is 0.123 e. The number of halogens is 1. The normalized spacial score (nSPS) is 19.8. The van der Waals surface area contributed by atoms with Crippen LogP contribution in [0.15, 0.2) is 29.6 Å². The fraction of sp³-hybridized carbons (Fsp3) is 0.571. The maximum atomic E-state index is 13.2. The van der Waals surface area contributed by atoms with Gasteiger partial charge in [-0.2, -0.15) is 0 Å². The van der Waals surface area contributed by atoms with E-state index in [0.29, 0.717) is 12.0 Å². The monoisotopic (exact) mass is 375 g/mol. The van der Waals surface area contributed by atoms with Crippen LogP contribution in [0.3, 0.4) is 0 Å². The summed E-state index contributed by atoms with van der Waals surface area (Å²) < 4.78 is 13.2. The van der Waals surface area contributed by atoms with E-state index in [1.54, 1.807) is 23.5 Å². The summed E-state index contributed by atoms with van der Waals surface area (Å²) in [6, 6.07) is 7.47. The molecule has 0 unspecified atom stereocenters.